The zero-order chi connectivity index (χ0) is 13.8. The molecule has 2 aromatic rings. The van der Waals surface area contributed by atoms with Crippen LogP contribution in [-0.4, -0.2) is 22.0 Å². The SMILES string of the molecule is Cc1cc(C)c(-n2cccn2)c(C=NN=C(N)N)c1. The van der Waals surface area contributed by atoms with Gasteiger partial charge in [-0.05, 0) is 31.5 Å². The first kappa shape index (κ1) is 12.8. The third-order valence-electron chi connectivity index (χ3n) is 2.58. The maximum Gasteiger partial charge on any atom is 0.211 e. The summed E-state index contributed by atoms with van der Waals surface area (Å²) in [4.78, 5) is 0. The highest BCUT2D eigenvalue weighted by molar-refractivity contribution is 5.87. The molecule has 4 N–H and O–H groups in total. The van der Waals surface area contributed by atoms with Crippen LogP contribution < -0.4 is 11.5 Å². The minimum Gasteiger partial charge on any atom is -0.369 e. The maximum absolute atomic E-state index is 5.25. The minimum absolute atomic E-state index is 0.0683. The van der Waals surface area contributed by atoms with Crippen molar-refractivity contribution in [2.45, 2.75) is 13.8 Å². The van der Waals surface area contributed by atoms with Crippen LogP contribution in [0.25, 0.3) is 5.69 Å². The predicted molar refractivity (Wildman–Crippen MR) is 76.4 cm³/mol. The molecule has 1 aromatic heterocycles. The molecule has 0 bridgehead atoms. The number of rotatable bonds is 3. The van der Waals surface area contributed by atoms with Crippen LogP contribution in [0.2, 0.25) is 0 Å². The summed E-state index contributed by atoms with van der Waals surface area (Å²) >= 11 is 0. The second-order valence-corrected chi connectivity index (χ2v) is 4.24. The molecule has 0 saturated carbocycles. The molecule has 6 heteroatoms. The summed E-state index contributed by atoms with van der Waals surface area (Å²) in [7, 11) is 0. The highest BCUT2D eigenvalue weighted by Gasteiger charge is 2.08. The largest absolute Gasteiger partial charge is 0.369 e. The Morgan fingerprint density at radius 3 is 2.74 bits per heavy atom. The van der Waals surface area contributed by atoms with Crippen molar-refractivity contribution in [2.24, 2.45) is 21.7 Å². The van der Waals surface area contributed by atoms with Gasteiger partial charge in [0.25, 0.3) is 0 Å². The predicted octanol–water partition coefficient (Wildman–Crippen LogP) is 1.10. The van der Waals surface area contributed by atoms with Crippen molar-refractivity contribution in [1.82, 2.24) is 9.78 Å². The summed E-state index contributed by atoms with van der Waals surface area (Å²) in [5.41, 5.74) is 14.6. The molecule has 0 amide bonds. The maximum atomic E-state index is 5.25. The van der Waals surface area contributed by atoms with Crippen LogP contribution in [0.5, 0.6) is 0 Å². The quantitative estimate of drug-likeness (QED) is 0.489. The molecule has 0 aliphatic rings. The van der Waals surface area contributed by atoms with Crippen molar-refractivity contribution in [3.63, 3.8) is 0 Å². The van der Waals surface area contributed by atoms with E-state index in [1.807, 2.05) is 32.2 Å². The van der Waals surface area contributed by atoms with Gasteiger partial charge in [0.05, 0.1) is 11.9 Å². The Hall–Kier alpha value is -2.63. The number of hydrogen-bond acceptors (Lipinski definition) is 3. The zero-order valence-electron chi connectivity index (χ0n) is 10.9. The molecule has 0 aliphatic carbocycles. The highest BCUT2D eigenvalue weighted by Crippen LogP contribution is 2.19. The first-order valence-corrected chi connectivity index (χ1v) is 5.81. The number of guanidine groups is 1. The Bertz CT molecular complexity index is 621. The van der Waals surface area contributed by atoms with E-state index in [0.29, 0.717) is 0 Å². The summed E-state index contributed by atoms with van der Waals surface area (Å²) in [6.07, 6.45) is 5.24. The van der Waals surface area contributed by atoms with E-state index in [4.69, 9.17) is 11.5 Å². The second kappa shape index (κ2) is 5.34. The van der Waals surface area contributed by atoms with Crippen LogP contribution in [0.4, 0.5) is 0 Å². The average molecular weight is 256 g/mol. The first-order valence-electron chi connectivity index (χ1n) is 5.81. The molecule has 1 aromatic carbocycles. The molecule has 0 fully saturated rings. The van der Waals surface area contributed by atoms with E-state index in [1.165, 1.54) is 0 Å². The lowest BCUT2D eigenvalue weighted by atomic mass is 10.0. The van der Waals surface area contributed by atoms with Crippen molar-refractivity contribution in [3.05, 3.63) is 47.3 Å². The number of hydrogen-bond donors (Lipinski definition) is 2. The smallest absolute Gasteiger partial charge is 0.211 e. The molecule has 6 nitrogen and oxygen atoms in total. The first-order chi connectivity index (χ1) is 9.08. The van der Waals surface area contributed by atoms with Crippen LogP contribution in [0.3, 0.4) is 0 Å². The minimum atomic E-state index is -0.0683. The Kier molecular flexibility index (Phi) is 3.61. The van der Waals surface area contributed by atoms with Crippen LogP contribution in [-0.2, 0) is 0 Å². The van der Waals surface area contributed by atoms with Crippen molar-refractivity contribution >= 4 is 12.2 Å². The Labute approximate surface area is 111 Å². The molecule has 0 aliphatic heterocycles. The van der Waals surface area contributed by atoms with Gasteiger partial charge in [-0.3, -0.25) is 0 Å². The van der Waals surface area contributed by atoms with Gasteiger partial charge >= 0.3 is 0 Å². The third-order valence-corrected chi connectivity index (χ3v) is 2.58. The molecule has 0 saturated heterocycles. The van der Waals surface area contributed by atoms with Crippen molar-refractivity contribution in [1.29, 1.82) is 0 Å². The lowest BCUT2D eigenvalue weighted by molar-refractivity contribution is 0.870. The topological polar surface area (TPSA) is 94.6 Å². The lowest BCUT2D eigenvalue weighted by Gasteiger charge is -2.10. The molecule has 0 radical (unpaired) electrons. The average Bonchev–Trinajstić information content (AvgIpc) is 2.81. The Morgan fingerprint density at radius 2 is 2.11 bits per heavy atom. The van der Waals surface area contributed by atoms with E-state index in [0.717, 1.165) is 22.4 Å². The van der Waals surface area contributed by atoms with Gasteiger partial charge in [-0.2, -0.15) is 10.2 Å². The number of benzene rings is 1. The summed E-state index contributed by atoms with van der Waals surface area (Å²) in [5, 5.41) is 11.7. The lowest BCUT2D eigenvalue weighted by Crippen LogP contribution is -2.21. The molecule has 2 rings (SSSR count). The standard InChI is InChI=1S/C13H16N6/c1-9-6-10(2)12(19-5-3-4-17-19)11(7-9)8-16-18-13(14)15/h3-8H,1-2H3,(H4,14,15,18). The number of aromatic nitrogens is 2. The molecule has 19 heavy (non-hydrogen) atoms. The van der Waals surface area contributed by atoms with Gasteiger partial charge in [-0.25, -0.2) is 4.68 Å². The van der Waals surface area contributed by atoms with E-state index in [2.05, 4.69) is 21.4 Å². The molecular formula is C13H16N6. The van der Waals surface area contributed by atoms with Gasteiger partial charge in [0.1, 0.15) is 0 Å². The van der Waals surface area contributed by atoms with Gasteiger partial charge in [-0.1, -0.05) is 11.6 Å². The molecule has 0 atom stereocenters. The van der Waals surface area contributed by atoms with Crippen molar-refractivity contribution < 1.29 is 0 Å². The van der Waals surface area contributed by atoms with Gasteiger partial charge in [0, 0.05) is 18.0 Å². The zero-order valence-corrected chi connectivity index (χ0v) is 10.9. The molecule has 98 valence electrons. The monoisotopic (exact) mass is 256 g/mol. The number of nitrogens with zero attached hydrogens (tertiary/aromatic N) is 4. The number of nitrogens with two attached hydrogens (primary N) is 2. The fourth-order valence-electron chi connectivity index (χ4n) is 1.96. The third kappa shape index (κ3) is 2.98. The summed E-state index contributed by atoms with van der Waals surface area (Å²) in [6.45, 7) is 4.06. The fraction of sp³-hybridized carbons (Fsp3) is 0.154. The number of aryl methyl sites for hydroxylation is 2. The van der Waals surface area contributed by atoms with Crippen LogP contribution in [0.15, 0.2) is 40.8 Å². The summed E-state index contributed by atoms with van der Waals surface area (Å²) < 4.78 is 1.80. The summed E-state index contributed by atoms with van der Waals surface area (Å²) in [5.74, 6) is -0.0683. The van der Waals surface area contributed by atoms with Crippen LogP contribution in [0.1, 0.15) is 16.7 Å². The summed E-state index contributed by atoms with van der Waals surface area (Å²) in [6, 6.07) is 5.97. The van der Waals surface area contributed by atoms with Gasteiger partial charge in [0.2, 0.25) is 5.96 Å². The van der Waals surface area contributed by atoms with Crippen molar-refractivity contribution in [2.75, 3.05) is 0 Å². The van der Waals surface area contributed by atoms with E-state index in [1.54, 1.807) is 17.1 Å². The molecule has 0 spiro atoms. The second-order valence-electron chi connectivity index (χ2n) is 4.24. The fourth-order valence-corrected chi connectivity index (χ4v) is 1.96. The Morgan fingerprint density at radius 1 is 1.32 bits per heavy atom. The van der Waals surface area contributed by atoms with Crippen molar-refractivity contribution in [3.8, 4) is 5.69 Å². The van der Waals surface area contributed by atoms with E-state index >= 15 is 0 Å². The van der Waals surface area contributed by atoms with Crippen LogP contribution in [0, 0.1) is 13.8 Å². The van der Waals surface area contributed by atoms with E-state index in [9.17, 15) is 0 Å². The van der Waals surface area contributed by atoms with Gasteiger partial charge in [0.15, 0.2) is 0 Å². The molecular weight excluding hydrogens is 240 g/mol. The van der Waals surface area contributed by atoms with E-state index < -0.39 is 0 Å². The normalized spacial score (nSPS) is 10.8. The molecule has 1 heterocycles. The van der Waals surface area contributed by atoms with Crippen LogP contribution >= 0.6 is 0 Å². The highest BCUT2D eigenvalue weighted by atomic mass is 15.3. The van der Waals surface area contributed by atoms with Gasteiger partial charge in [-0.15, -0.1) is 5.10 Å². The Balaban J connectivity index is 2.52. The van der Waals surface area contributed by atoms with Gasteiger partial charge < -0.3 is 11.5 Å². The molecule has 0 unspecified atom stereocenters. The van der Waals surface area contributed by atoms with E-state index in [-0.39, 0.29) is 5.96 Å².